The highest BCUT2D eigenvalue weighted by Crippen LogP contribution is 2.36. The van der Waals surface area contributed by atoms with Gasteiger partial charge in [-0.1, -0.05) is 20.8 Å². The zero-order valence-corrected chi connectivity index (χ0v) is 24.8. The number of thiophene rings is 1. The summed E-state index contributed by atoms with van der Waals surface area (Å²) in [6.07, 6.45) is 3.23. The van der Waals surface area contributed by atoms with Crippen LogP contribution in [0.15, 0.2) is 24.8 Å². The lowest BCUT2D eigenvalue weighted by atomic mass is 10.1. The zero-order chi connectivity index (χ0) is 27.6. The number of alkyl halides is 3. The highest BCUT2D eigenvalue weighted by atomic mass is 32.1. The topological polar surface area (TPSA) is 68.1 Å². The summed E-state index contributed by atoms with van der Waals surface area (Å²) in [5.41, 5.74) is 1.14. The van der Waals surface area contributed by atoms with Gasteiger partial charge in [-0.3, -0.25) is 4.68 Å². The maximum absolute atomic E-state index is 12.9. The van der Waals surface area contributed by atoms with Gasteiger partial charge in [0.2, 0.25) is 0 Å². The predicted molar refractivity (Wildman–Crippen MR) is 149 cm³/mol. The predicted octanol–water partition coefficient (Wildman–Crippen LogP) is 6.16. The van der Waals surface area contributed by atoms with Crippen molar-refractivity contribution in [1.29, 1.82) is 0 Å². The van der Waals surface area contributed by atoms with E-state index in [1.807, 2.05) is 10.9 Å². The highest BCUT2D eigenvalue weighted by Gasteiger charge is 2.37. The molecule has 210 valence electrons. The maximum atomic E-state index is 12.9. The molecule has 4 rings (SSSR count). The molecular formula is C26H39F3N6OSSi. The van der Waals surface area contributed by atoms with Crippen LogP contribution in [0.25, 0.3) is 10.2 Å². The molecule has 1 aliphatic rings. The molecule has 1 aliphatic heterocycles. The molecule has 12 heteroatoms. The third kappa shape index (κ3) is 7.55. The van der Waals surface area contributed by atoms with Gasteiger partial charge in [-0.15, -0.1) is 11.3 Å². The zero-order valence-electron chi connectivity index (χ0n) is 22.9. The molecule has 1 N–H and O–H groups in total. The molecule has 0 saturated carbocycles. The van der Waals surface area contributed by atoms with Gasteiger partial charge in [-0.25, -0.2) is 9.97 Å². The Kier molecular flexibility index (Phi) is 8.85. The summed E-state index contributed by atoms with van der Waals surface area (Å²) >= 11 is 1.10. The minimum absolute atomic E-state index is 0.194. The van der Waals surface area contributed by atoms with Crippen LogP contribution in [0.3, 0.4) is 0 Å². The number of anilines is 1. The van der Waals surface area contributed by atoms with E-state index in [0.717, 1.165) is 68.2 Å². The number of rotatable bonds is 9. The highest BCUT2D eigenvalue weighted by molar-refractivity contribution is 7.18. The van der Waals surface area contributed by atoms with Crippen molar-refractivity contribution in [2.24, 2.45) is 0 Å². The van der Waals surface area contributed by atoms with Crippen LogP contribution in [-0.4, -0.2) is 60.0 Å². The van der Waals surface area contributed by atoms with Crippen LogP contribution in [0.2, 0.25) is 18.1 Å². The molecule has 3 aromatic heterocycles. The van der Waals surface area contributed by atoms with Gasteiger partial charge in [0.1, 0.15) is 17.0 Å². The molecule has 4 heterocycles. The first-order valence-electron chi connectivity index (χ1n) is 13.2. The Bertz CT molecular complexity index is 1210. The Hall–Kier alpha value is -2.02. The van der Waals surface area contributed by atoms with Crippen molar-refractivity contribution in [2.45, 2.75) is 89.9 Å². The van der Waals surface area contributed by atoms with E-state index in [2.05, 4.69) is 65.3 Å². The van der Waals surface area contributed by atoms with E-state index in [-0.39, 0.29) is 9.92 Å². The summed E-state index contributed by atoms with van der Waals surface area (Å²) in [6, 6.07) is 1.96. The van der Waals surface area contributed by atoms with Gasteiger partial charge in [0, 0.05) is 42.3 Å². The molecule has 0 radical (unpaired) electrons. The van der Waals surface area contributed by atoms with Crippen LogP contribution in [0.4, 0.5) is 19.0 Å². The fraction of sp³-hybridized carbons (Fsp3) is 0.654. The lowest BCUT2D eigenvalue weighted by Gasteiger charge is -2.36. The lowest BCUT2D eigenvalue weighted by Crippen LogP contribution is -2.41. The quantitative estimate of drug-likeness (QED) is 0.312. The number of halogens is 3. The van der Waals surface area contributed by atoms with Crippen LogP contribution in [0.1, 0.15) is 50.5 Å². The average molecular weight is 569 g/mol. The van der Waals surface area contributed by atoms with Crippen LogP contribution in [0.5, 0.6) is 0 Å². The molecule has 3 aromatic rings. The smallest absolute Gasteiger partial charge is 0.393 e. The first-order valence-corrected chi connectivity index (χ1v) is 17.0. The molecule has 0 unspecified atom stereocenters. The summed E-state index contributed by atoms with van der Waals surface area (Å²) in [6.45, 7) is 15.0. The Labute approximate surface area is 227 Å². The number of hydrogen-bond donors (Lipinski definition) is 1. The third-order valence-electron chi connectivity index (χ3n) is 7.63. The van der Waals surface area contributed by atoms with Gasteiger partial charge in [-0.05, 0) is 43.5 Å². The summed E-state index contributed by atoms with van der Waals surface area (Å²) < 4.78 is 46.9. The molecule has 7 nitrogen and oxygen atoms in total. The summed E-state index contributed by atoms with van der Waals surface area (Å²) in [5.74, 6) is 0.738. The molecule has 38 heavy (non-hydrogen) atoms. The van der Waals surface area contributed by atoms with Crippen molar-refractivity contribution in [3.8, 4) is 0 Å². The monoisotopic (exact) mass is 568 g/mol. The van der Waals surface area contributed by atoms with Gasteiger partial charge in [-0.2, -0.15) is 18.3 Å². The maximum Gasteiger partial charge on any atom is 0.393 e. The molecule has 0 aromatic carbocycles. The van der Waals surface area contributed by atoms with E-state index >= 15 is 0 Å². The van der Waals surface area contributed by atoms with Crippen molar-refractivity contribution in [2.75, 3.05) is 24.6 Å². The lowest BCUT2D eigenvalue weighted by molar-refractivity contribution is -0.126. The Morgan fingerprint density at radius 2 is 1.95 bits per heavy atom. The molecule has 1 fully saturated rings. The van der Waals surface area contributed by atoms with E-state index in [0.29, 0.717) is 22.9 Å². The number of nitrogens with zero attached hydrogens (tertiary/aromatic N) is 5. The van der Waals surface area contributed by atoms with Gasteiger partial charge in [0.25, 0.3) is 0 Å². The minimum atomic E-state index is -4.23. The van der Waals surface area contributed by atoms with E-state index in [9.17, 15) is 13.2 Å². The minimum Gasteiger partial charge on any atom is -0.415 e. The van der Waals surface area contributed by atoms with E-state index < -0.39 is 20.9 Å². The summed E-state index contributed by atoms with van der Waals surface area (Å²) in [7, 11) is -1.76. The van der Waals surface area contributed by atoms with Crippen molar-refractivity contribution >= 4 is 35.7 Å². The van der Waals surface area contributed by atoms with Crippen molar-refractivity contribution < 1.29 is 17.6 Å². The van der Waals surface area contributed by atoms with E-state index in [1.54, 1.807) is 6.07 Å². The molecule has 0 amide bonds. The van der Waals surface area contributed by atoms with Gasteiger partial charge < -0.3 is 14.6 Å². The molecule has 0 aliphatic carbocycles. The number of aromatic nitrogens is 4. The number of hydrogen-bond acceptors (Lipinski definition) is 7. The fourth-order valence-electron chi connectivity index (χ4n) is 4.43. The van der Waals surface area contributed by atoms with Crippen LogP contribution in [0, 0.1) is 0 Å². The Balaban J connectivity index is 1.28. The Morgan fingerprint density at radius 3 is 2.68 bits per heavy atom. The summed E-state index contributed by atoms with van der Waals surface area (Å²) in [4.78, 5) is 11.8. The molecular weight excluding hydrogens is 529 g/mol. The normalized spacial score (nSPS) is 17.8. The van der Waals surface area contributed by atoms with Gasteiger partial charge in [0.05, 0.1) is 31.2 Å². The number of fused-ring (bicyclic) bond motifs is 1. The Morgan fingerprint density at radius 1 is 1.16 bits per heavy atom. The van der Waals surface area contributed by atoms with Crippen LogP contribution < -0.4 is 10.2 Å². The second kappa shape index (κ2) is 11.6. The first-order chi connectivity index (χ1) is 17.8. The first kappa shape index (κ1) is 29.0. The second-order valence-electron chi connectivity index (χ2n) is 11.6. The second-order valence-corrected chi connectivity index (χ2v) is 17.6. The molecule has 1 atom stereocenters. The van der Waals surface area contributed by atoms with E-state index in [4.69, 9.17) is 4.43 Å². The summed E-state index contributed by atoms with van der Waals surface area (Å²) in [5, 5.41) is 9.09. The SMILES string of the molecule is CC(C)(C)[Si](C)(C)OCCn1cc(CN[C@@H]2CCCN(c3ncnc4sc(CC(F)(F)F)cc34)CC2)cn1. The van der Waals surface area contributed by atoms with Crippen LogP contribution >= 0.6 is 11.3 Å². The average Bonchev–Trinajstić information content (AvgIpc) is 3.35. The van der Waals surface area contributed by atoms with E-state index in [1.165, 1.54) is 6.33 Å². The standard InChI is InChI=1S/C26H39F3N6OSSi/c1-25(2,3)38(4,5)36-12-11-35-17-19(16-33-35)15-30-20-7-6-9-34(10-8-20)23-22-13-21(14-26(27,28)29)37-24(22)32-18-31-23/h13,16-18,20,30H,6-12,14-15H2,1-5H3/t20-/m1/s1. The van der Waals surface area contributed by atoms with Crippen molar-refractivity contribution in [3.05, 3.63) is 35.2 Å². The largest absolute Gasteiger partial charge is 0.415 e. The van der Waals surface area contributed by atoms with Crippen molar-refractivity contribution in [1.82, 2.24) is 25.1 Å². The van der Waals surface area contributed by atoms with Gasteiger partial charge in [0.15, 0.2) is 8.32 Å². The number of nitrogens with one attached hydrogen (secondary N) is 1. The molecule has 0 spiro atoms. The third-order valence-corrected chi connectivity index (χ3v) is 13.2. The van der Waals surface area contributed by atoms with Gasteiger partial charge >= 0.3 is 6.18 Å². The van der Waals surface area contributed by atoms with Crippen LogP contribution in [-0.2, 0) is 23.9 Å². The van der Waals surface area contributed by atoms with Crippen molar-refractivity contribution in [3.63, 3.8) is 0 Å². The molecule has 1 saturated heterocycles. The molecule has 0 bridgehead atoms. The fourth-order valence-corrected chi connectivity index (χ4v) is 6.49.